The molecule has 1 rings (SSSR count). The van der Waals surface area contributed by atoms with Crippen molar-refractivity contribution in [2.75, 3.05) is 12.4 Å². The highest BCUT2D eigenvalue weighted by Gasteiger charge is 2.33. The largest absolute Gasteiger partial charge is 0.375 e. The molecular formula is C9H18O2S. The first-order valence-electron chi connectivity index (χ1n) is 4.40. The molecule has 0 bridgehead atoms. The van der Waals surface area contributed by atoms with Crippen molar-refractivity contribution in [2.45, 2.75) is 39.0 Å². The summed E-state index contributed by atoms with van der Waals surface area (Å²) in [6.07, 6.45) is 0.162. The van der Waals surface area contributed by atoms with Gasteiger partial charge >= 0.3 is 0 Å². The second kappa shape index (κ2) is 3.46. The van der Waals surface area contributed by atoms with E-state index in [4.69, 9.17) is 4.74 Å². The maximum absolute atomic E-state index is 11.5. The van der Waals surface area contributed by atoms with E-state index in [1.54, 1.807) is 0 Å². The Morgan fingerprint density at radius 3 is 2.42 bits per heavy atom. The Balaban J connectivity index is 2.57. The highest BCUT2D eigenvalue weighted by Crippen LogP contribution is 2.26. The highest BCUT2D eigenvalue weighted by atomic mass is 32.2. The van der Waals surface area contributed by atoms with Crippen molar-refractivity contribution in [3.63, 3.8) is 0 Å². The third kappa shape index (κ3) is 2.30. The first-order valence-corrected chi connectivity index (χ1v) is 5.78. The molecule has 0 aromatic rings. The summed E-state index contributed by atoms with van der Waals surface area (Å²) in [4.78, 5) is 0. The predicted octanol–water partition coefficient (Wildman–Crippen LogP) is 1.57. The van der Waals surface area contributed by atoms with Crippen molar-refractivity contribution in [3.05, 3.63) is 0 Å². The lowest BCUT2D eigenvalue weighted by molar-refractivity contribution is -0.00712. The highest BCUT2D eigenvalue weighted by molar-refractivity contribution is 7.85. The molecule has 1 unspecified atom stereocenters. The van der Waals surface area contributed by atoms with Crippen molar-refractivity contribution in [1.82, 2.24) is 0 Å². The Hall–Kier alpha value is 0.110. The van der Waals surface area contributed by atoms with E-state index in [2.05, 4.69) is 20.8 Å². The fourth-order valence-corrected chi connectivity index (χ4v) is 2.64. The summed E-state index contributed by atoms with van der Waals surface area (Å²) in [7, 11) is -0.687. The molecule has 0 aromatic heterocycles. The molecule has 0 N–H and O–H groups in total. The van der Waals surface area contributed by atoms with Crippen molar-refractivity contribution < 1.29 is 8.95 Å². The maximum atomic E-state index is 11.5. The van der Waals surface area contributed by atoms with Crippen LogP contribution in [-0.4, -0.2) is 27.9 Å². The molecule has 1 fully saturated rings. The summed E-state index contributed by atoms with van der Waals surface area (Å²) < 4.78 is 17.1. The van der Waals surface area contributed by atoms with Gasteiger partial charge in [-0.25, -0.2) is 0 Å². The number of hydrogen-bond acceptors (Lipinski definition) is 2. The summed E-state index contributed by atoms with van der Waals surface area (Å²) in [6, 6.07) is 0. The molecule has 12 heavy (non-hydrogen) atoms. The Labute approximate surface area is 77.1 Å². The van der Waals surface area contributed by atoms with E-state index < -0.39 is 10.8 Å². The predicted molar refractivity (Wildman–Crippen MR) is 51.7 cm³/mol. The van der Waals surface area contributed by atoms with Crippen molar-refractivity contribution in [3.8, 4) is 0 Å². The van der Waals surface area contributed by atoms with E-state index in [1.807, 2.05) is 6.92 Å². The van der Waals surface area contributed by atoms with Crippen LogP contribution < -0.4 is 0 Å². The summed E-state index contributed by atoms with van der Waals surface area (Å²) in [5, 5.41) is 0.212. The molecule has 0 aliphatic carbocycles. The third-order valence-corrected chi connectivity index (χ3v) is 3.93. The lowest BCUT2D eigenvalue weighted by Crippen LogP contribution is -2.43. The van der Waals surface area contributed by atoms with E-state index in [9.17, 15) is 4.21 Å². The fourth-order valence-electron chi connectivity index (χ4n) is 1.19. The molecule has 1 heterocycles. The van der Waals surface area contributed by atoms with Crippen LogP contribution in [0.1, 0.15) is 27.7 Å². The molecule has 0 aromatic carbocycles. The van der Waals surface area contributed by atoms with Gasteiger partial charge in [-0.2, -0.15) is 0 Å². The molecule has 1 aliphatic heterocycles. The molecule has 0 amide bonds. The van der Waals surface area contributed by atoms with E-state index in [1.165, 1.54) is 0 Å². The first kappa shape index (κ1) is 10.2. The second-order valence-corrected chi connectivity index (χ2v) is 6.45. The number of hydrogen-bond donors (Lipinski definition) is 0. The molecule has 0 saturated carbocycles. The van der Waals surface area contributed by atoms with E-state index in [0.717, 1.165) is 0 Å². The molecule has 0 radical (unpaired) electrons. The summed E-state index contributed by atoms with van der Waals surface area (Å²) >= 11 is 0. The molecule has 0 spiro atoms. The van der Waals surface area contributed by atoms with E-state index in [-0.39, 0.29) is 16.8 Å². The number of rotatable bonds is 0. The molecule has 72 valence electrons. The SMILES string of the molecule is C[C@@H]1CO[C@H](C(C)(C)C)CS1=O. The lowest BCUT2D eigenvalue weighted by atomic mass is 9.90. The van der Waals surface area contributed by atoms with Crippen LogP contribution in [0.25, 0.3) is 0 Å². The molecule has 2 nitrogen and oxygen atoms in total. The van der Waals surface area contributed by atoms with Gasteiger partial charge in [-0.05, 0) is 12.3 Å². The van der Waals surface area contributed by atoms with Crippen LogP contribution in [0.2, 0.25) is 0 Å². The van der Waals surface area contributed by atoms with Crippen molar-refractivity contribution in [1.29, 1.82) is 0 Å². The van der Waals surface area contributed by atoms with Crippen LogP contribution in [0.4, 0.5) is 0 Å². The molecular weight excluding hydrogens is 172 g/mol. The zero-order valence-electron chi connectivity index (χ0n) is 8.29. The minimum absolute atomic E-state index is 0.121. The van der Waals surface area contributed by atoms with Gasteiger partial charge in [0.05, 0.1) is 23.7 Å². The quantitative estimate of drug-likeness (QED) is 0.579. The van der Waals surface area contributed by atoms with Gasteiger partial charge in [-0.15, -0.1) is 0 Å². The smallest absolute Gasteiger partial charge is 0.0739 e. The van der Waals surface area contributed by atoms with Crippen LogP contribution in [0.3, 0.4) is 0 Å². The Morgan fingerprint density at radius 2 is 2.00 bits per heavy atom. The second-order valence-electron chi connectivity index (χ2n) is 4.55. The normalized spacial score (nSPS) is 38.2. The van der Waals surface area contributed by atoms with Gasteiger partial charge in [0.2, 0.25) is 0 Å². The van der Waals surface area contributed by atoms with Gasteiger partial charge in [0.15, 0.2) is 0 Å². The van der Waals surface area contributed by atoms with Crippen molar-refractivity contribution >= 4 is 10.8 Å². The summed E-state index contributed by atoms with van der Waals surface area (Å²) in [6.45, 7) is 9.02. The standard InChI is InChI=1S/C9H18O2S/c1-7-5-11-8(6-12(7)10)9(2,3)4/h7-8H,5-6H2,1-4H3/t7-,8+,12?/m1/s1. The van der Waals surface area contributed by atoms with Crippen molar-refractivity contribution in [2.24, 2.45) is 5.41 Å². The average Bonchev–Trinajstić information content (AvgIpc) is 1.92. The molecule has 1 saturated heterocycles. The molecule has 1 aliphatic rings. The Kier molecular flexibility index (Phi) is 2.94. The molecule has 3 atom stereocenters. The number of ether oxygens (including phenoxy) is 1. The topological polar surface area (TPSA) is 26.3 Å². The molecule has 3 heteroatoms. The van der Waals surface area contributed by atoms with Gasteiger partial charge in [0.25, 0.3) is 0 Å². The first-order chi connectivity index (χ1) is 5.41. The van der Waals surface area contributed by atoms with Gasteiger partial charge in [-0.3, -0.25) is 4.21 Å². The fraction of sp³-hybridized carbons (Fsp3) is 1.00. The Morgan fingerprint density at radius 1 is 1.42 bits per heavy atom. The maximum Gasteiger partial charge on any atom is 0.0739 e. The Bertz CT molecular complexity index is 183. The summed E-state index contributed by atoms with van der Waals surface area (Å²) in [5.74, 6) is 0.699. The van der Waals surface area contributed by atoms with Gasteiger partial charge in [-0.1, -0.05) is 20.8 Å². The van der Waals surface area contributed by atoms with Crippen LogP contribution in [0, 0.1) is 5.41 Å². The van der Waals surface area contributed by atoms with Gasteiger partial charge < -0.3 is 4.74 Å². The van der Waals surface area contributed by atoms with Crippen LogP contribution in [-0.2, 0) is 15.5 Å². The lowest BCUT2D eigenvalue weighted by Gasteiger charge is -2.35. The van der Waals surface area contributed by atoms with E-state index in [0.29, 0.717) is 12.4 Å². The summed E-state index contributed by atoms with van der Waals surface area (Å²) in [5.41, 5.74) is 0.121. The van der Waals surface area contributed by atoms with Crippen LogP contribution >= 0.6 is 0 Å². The van der Waals surface area contributed by atoms with E-state index >= 15 is 0 Å². The minimum Gasteiger partial charge on any atom is -0.375 e. The van der Waals surface area contributed by atoms with Gasteiger partial charge in [0.1, 0.15) is 0 Å². The zero-order valence-corrected chi connectivity index (χ0v) is 9.11. The van der Waals surface area contributed by atoms with Crippen LogP contribution in [0.15, 0.2) is 0 Å². The van der Waals surface area contributed by atoms with Gasteiger partial charge in [0, 0.05) is 10.8 Å². The monoisotopic (exact) mass is 190 g/mol. The zero-order chi connectivity index (χ0) is 9.35. The average molecular weight is 190 g/mol. The minimum atomic E-state index is -0.687. The van der Waals surface area contributed by atoms with Crippen LogP contribution in [0.5, 0.6) is 0 Å². The third-order valence-electron chi connectivity index (χ3n) is 2.26.